The molecule has 12 heteroatoms. The highest BCUT2D eigenvalue weighted by Gasteiger charge is 2.47. The van der Waals surface area contributed by atoms with E-state index < -0.39 is 23.2 Å². The fourth-order valence-electron chi connectivity index (χ4n) is 4.61. The van der Waals surface area contributed by atoms with E-state index in [0.717, 1.165) is 30.2 Å². The molecule has 0 aromatic carbocycles. The van der Waals surface area contributed by atoms with E-state index in [9.17, 15) is 27.9 Å². The van der Waals surface area contributed by atoms with E-state index in [1.165, 1.54) is 12.4 Å². The SMILES string of the molecule is CNC(=O)c1csc2c(C(F)(F)F)cc(N3CCC4(CC3)CN(C(=O)CC(C)(C)O)C4)nc12.Cl. The molecule has 0 radical (unpaired) electrons. The van der Waals surface area contributed by atoms with E-state index in [-0.39, 0.29) is 51.7 Å². The second-order valence-corrected chi connectivity index (χ2v) is 10.5. The van der Waals surface area contributed by atoms with Crippen molar-refractivity contribution in [1.29, 1.82) is 0 Å². The smallest absolute Gasteiger partial charge is 0.390 e. The predicted molar refractivity (Wildman–Crippen MR) is 127 cm³/mol. The summed E-state index contributed by atoms with van der Waals surface area (Å²) >= 11 is 0.869. The number of likely N-dealkylation sites (tertiary alicyclic amines) is 1. The first-order chi connectivity index (χ1) is 15.3. The number of pyridine rings is 1. The lowest BCUT2D eigenvalue weighted by atomic mass is 9.71. The van der Waals surface area contributed by atoms with Crippen LogP contribution in [0.25, 0.3) is 10.2 Å². The van der Waals surface area contributed by atoms with Gasteiger partial charge in [0.25, 0.3) is 5.91 Å². The summed E-state index contributed by atoms with van der Waals surface area (Å²) in [5, 5.41) is 13.7. The minimum absolute atomic E-state index is 0. The first-order valence-electron chi connectivity index (χ1n) is 10.8. The molecule has 188 valence electrons. The van der Waals surface area contributed by atoms with Crippen LogP contribution in [0, 0.1) is 5.41 Å². The Morgan fingerprint density at radius 1 is 1.24 bits per heavy atom. The van der Waals surface area contributed by atoms with Crippen molar-refractivity contribution in [3.8, 4) is 0 Å². The molecule has 2 fully saturated rings. The van der Waals surface area contributed by atoms with Crippen molar-refractivity contribution in [2.75, 3.05) is 38.1 Å². The standard InChI is InChI=1S/C22H27F3N4O3S.ClH/c1-20(2,32)9-16(30)29-11-21(12-29)4-6-28(7-5-21)15-8-14(22(23,24)25)18-17(27-15)13(10-33-18)19(31)26-3;/h8,10,32H,4-7,9,11-12H2,1-3H3,(H,26,31);1H. The normalized spacial score (nSPS) is 18.0. The van der Waals surface area contributed by atoms with Gasteiger partial charge >= 0.3 is 6.18 Å². The Balaban J connectivity index is 0.00000324. The third kappa shape index (κ3) is 5.11. The van der Waals surface area contributed by atoms with Crippen LogP contribution in [0.15, 0.2) is 11.4 Å². The van der Waals surface area contributed by atoms with Crippen LogP contribution in [0.3, 0.4) is 0 Å². The molecule has 0 bridgehead atoms. The van der Waals surface area contributed by atoms with Crippen molar-refractivity contribution in [3.63, 3.8) is 0 Å². The molecule has 2 aromatic rings. The Morgan fingerprint density at radius 3 is 2.38 bits per heavy atom. The maximum Gasteiger partial charge on any atom is 0.417 e. The zero-order valence-corrected chi connectivity index (χ0v) is 20.8. The maximum atomic E-state index is 13.8. The van der Waals surface area contributed by atoms with Gasteiger partial charge in [0.1, 0.15) is 5.82 Å². The topological polar surface area (TPSA) is 85.8 Å². The molecule has 4 rings (SSSR count). The molecule has 7 nitrogen and oxygen atoms in total. The summed E-state index contributed by atoms with van der Waals surface area (Å²) in [5.74, 6) is -0.346. The number of rotatable bonds is 4. The van der Waals surface area contributed by atoms with Gasteiger partial charge in [-0.25, -0.2) is 4.98 Å². The minimum Gasteiger partial charge on any atom is -0.390 e. The molecule has 0 saturated carbocycles. The van der Waals surface area contributed by atoms with Gasteiger partial charge in [-0.1, -0.05) is 0 Å². The van der Waals surface area contributed by atoms with E-state index >= 15 is 0 Å². The van der Waals surface area contributed by atoms with Gasteiger partial charge < -0.3 is 20.2 Å². The number of carbonyl (C=O) groups is 2. The van der Waals surface area contributed by atoms with Gasteiger partial charge in [-0.05, 0) is 32.8 Å². The monoisotopic (exact) mass is 520 g/mol. The first-order valence-corrected chi connectivity index (χ1v) is 11.7. The Bertz CT molecular complexity index is 1080. The molecule has 0 aliphatic carbocycles. The van der Waals surface area contributed by atoms with Crippen molar-refractivity contribution in [2.45, 2.75) is 44.9 Å². The third-order valence-corrected chi connectivity index (χ3v) is 7.43. The summed E-state index contributed by atoms with van der Waals surface area (Å²) in [4.78, 5) is 32.5. The zero-order chi connectivity index (χ0) is 24.2. The number of aromatic nitrogens is 1. The number of hydrogen-bond donors (Lipinski definition) is 2. The summed E-state index contributed by atoms with van der Waals surface area (Å²) < 4.78 is 41.3. The Labute approximate surface area is 205 Å². The fraction of sp³-hybridized carbons (Fsp3) is 0.591. The van der Waals surface area contributed by atoms with E-state index in [0.29, 0.717) is 26.2 Å². The molecule has 34 heavy (non-hydrogen) atoms. The number of halogens is 4. The molecule has 2 N–H and O–H groups in total. The van der Waals surface area contributed by atoms with Crippen molar-refractivity contribution in [2.24, 2.45) is 5.41 Å². The van der Waals surface area contributed by atoms with E-state index in [2.05, 4.69) is 10.3 Å². The highest BCUT2D eigenvalue weighted by molar-refractivity contribution is 7.17. The average Bonchev–Trinajstić information content (AvgIpc) is 3.12. The Morgan fingerprint density at radius 2 is 1.85 bits per heavy atom. The van der Waals surface area contributed by atoms with Crippen LogP contribution in [0.1, 0.15) is 49.0 Å². The number of amides is 2. The molecule has 1 spiro atoms. The molecular formula is C22H28ClF3N4O3S. The molecule has 0 atom stereocenters. The lowest BCUT2D eigenvalue weighted by Gasteiger charge is -2.54. The summed E-state index contributed by atoms with van der Waals surface area (Å²) in [6.45, 7) is 5.43. The number of hydrogen-bond acceptors (Lipinski definition) is 6. The zero-order valence-electron chi connectivity index (χ0n) is 19.2. The number of aliphatic hydroxyl groups is 1. The predicted octanol–water partition coefficient (Wildman–Crippen LogP) is 3.69. The van der Waals surface area contributed by atoms with Crippen LogP contribution in [0.4, 0.5) is 19.0 Å². The largest absolute Gasteiger partial charge is 0.417 e. The minimum atomic E-state index is -4.56. The summed E-state index contributed by atoms with van der Waals surface area (Å²) in [5.41, 5.74) is -1.68. The molecule has 2 aliphatic heterocycles. The van der Waals surface area contributed by atoms with Gasteiger partial charge in [0, 0.05) is 44.0 Å². The number of piperidine rings is 1. The van der Waals surface area contributed by atoms with Gasteiger partial charge in [-0.15, -0.1) is 23.7 Å². The second kappa shape index (κ2) is 9.16. The van der Waals surface area contributed by atoms with Gasteiger partial charge in [-0.3, -0.25) is 9.59 Å². The lowest BCUT2D eigenvalue weighted by Crippen LogP contribution is -2.62. The van der Waals surface area contributed by atoms with Crippen LogP contribution in [-0.4, -0.2) is 65.6 Å². The first kappa shape index (κ1) is 26.5. The highest BCUT2D eigenvalue weighted by Crippen LogP contribution is 2.44. The van der Waals surface area contributed by atoms with Crippen LogP contribution < -0.4 is 10.2 Å². The van der Waals surface area contributed by atoms with Gasteiger partial charge in [0.2, 0.25) is 5.91 Å². The number of thiophene rings is 1. The van der Waals surface area contributed by atoms with Crippen molar-refractivity contribution in [3.05, 3.63) is 22.6 Å². The molecule has 0 unspecified atom stereocenters. The molecule has 2 amide bonds. The highest BCUT2D eigenvalue weighted by atomic mass is 35.5. The Hall–Kier alpha value is -2.11. The molecule has 2 aromatic heterocycles. The van der Waals surface area contributed by atoms with Crippen LogP contribution >= 0.6 is 23.7 Å². The molecule has 4 heterocycles. The molecule has 2 aliphatic rings. The number of carbonyl (C=O) groups excluding carboxylic acids is 2. The molecular weight excluding hydrogens is 493 g/mol. The third-order valence-electron chi connectivity index (χ3n) is 6.42. The quantitative estimate of drug-likeness (QED) is 0.642. The van der Waals surface area contributed by atoms with E-state index in [1.807, 2.05) is 4.90 Å². The van der Waals surface area contributed by atoms with Crippen molar-refractivity contribution >= 4 is 51.6 Å². The van der Waals surface area contributed by atoms with E-state index in [1.54, 1.807) is 18.7 Å². The van der Waals surface area contributed by atoms with Crippen LogP contribution in [0.5, 0.6) is 0 Å². The van der Waals surface area contributed by atoms with Gasteiger partial charge in [0.05, 0.1) is 33.4 Å². The fourth-order valence-corrected chi connectivity index (χ4v) is 5.63. The summed E-state index contributed by atoms with van der Waals surface area (Å²) in [6, 6.07) is 1.07. The number of anilines is 1. The van der Waals surface area contributed by atoms with Gasteiger partial charge in [-0.2, -0.15) is 13.2 Å². The second-order valence-electron chi connectivity index (χ2n) is 9.66. The van der Waals surface area contributed by atoms with Crippen LogP contribution in [-0.2, 0) is 11.0 Å². The molecule has 2 saturated heterocycles. The van der Waals surface area contributed by atoms with Gasteiger partial charge in [0.15, 0.2) is 0 Å². The number of nitrogens with one attached hydrogen (secondary N) is 1. The lowest BCUT2D eigenvalue weighted by molar-refractivity contribution is -0.149. The summed E-state index contributed by atoms with van der Waals surface area (Å²) in [7, 11) is 1.43. The van der Waals surface area contributed by atoms with Crippen molar-refractivity contribution < 1.29 is 27.9 Å². The summed E-state index contributed by atoms with van der Waals surface area (Å²) in [6.07, 6.45) is -3.04. The Kier molecular flexibility index (Phi) is 7.14. The van der Waals surface area contributed by atoms with Crippen molar-refractivity contribution in [1.82, 2.24) is 15.2 Å². The van der Waals surface area contributed by atoms with E-state index in [4.69, 9.17) is 0 Å². The number of alkyl halides is 3. The maximum absolute atomic E-state index is 13.8. The number of nitrogens with zero attached hydrogens (tertiary/aromatic N) is 3. The average molecular weight is 521 g/mol. The number of fused-ring (bicyclic) bond motifs is 1. The van der Waals surface area contributed by atoms with Crippen LogP contribution in [0.2, 0.25) is 0 Å².